The highest BCUT2D eigenvalue weighted by atomic mass is 32.1. The van der Waals surface area contributed by atoms with Crippen molar-refractivity contribution < 1.29 is 14.3 Å². The van der Waals surface area contributed by atoms with Gasteiger partial charge in [0.05, 0.1) is 26.5 Å². The Labute approximate surface area is 200 Å². The van der Waals surface area contributed by atoms with E-state index >= 15 is 0 Å². The third-order valence-corrected chi connectivity index (χ3v) is 5.90. The van der Waals surface area contributed by atoms with Crippen LogP contribution in [-0.2, 0) is 11.3 Å². The van der Waals surface area contributed by atoms with Crippen molar-refractivity contribution >= 4 is 33.9 Å². The summed E-state index contributed by atoms with van der Waals surface area (Å²) in [5.41, 5.74) is 6.35. The molecule has 0 atom stereocenters. The normalized spacial score (nSPS) is 10.7. The highest BCUT2D eigenvalue weighted by Gasteiger charge is 2.19. The number of anilines is 3. The number of methoxy groups -OCH3 is 2. The predicted octanol–water partition coefficient (Wildman–Crippen LogP) is 2.13. The number of carbonyl (C=O) groups excluding carboxylic acids is 1. The monoisotopic (exact) mass is 488 g/mol. The van der Waals surface area contributed by atoms with Crippen LogP contribution in [-0.4, -0.2) is 48.3 Å². The average Bonchev–Trinajstić information content (AvgIpc) is 3.26. The largest absolute Gasteiger partial charge is 0.497 e. The number of hydrogen-bond donors (Lipinski definition) is 3. The molecule has 0 bridgehead atoms. The summed E-state index contributed by atoms with van der Waals surface area (Å²) in [6.45, 7) is 2.20. The van der Waals surface area contributed by atoms with Crippen molar-refractivity contribution in [1.82, 2.24) is 14.5 Å². The second-order valence-corrected chi connectivity index (χ2v) is 8.36. The Hall–Kier alpha value is -3.80. The van der Waals surface area contributed by atoms with E-state index in [9.17, 15) is 14.4 Å². The minimum Gasteiger partial charge on any atom is -0.497 e. The number of unbranched alkanes of at least 4 members (excludes halogenated alkanes) is 1. The van der Waals surface area contributed by atoms with E-state index < -0.39 is 17.2 Å². The number of aromatic nitrogens is 3. The number of aromatic amines is 1. The molecule has 4 N–H and O–H groups in total. The predicted molar refractivity (Wildman–Crippen MR) is 133 cm³/mol. The van der Waals surface area contributed by atoms with Crippen LogP contribution in [0.25, 0.3) is 11.3 Å². The van der Waals surface area contributed by atoms with Gasteiger partial charge in [0.2, 0.25) is 5.91 Å². The van der Waals surface area contributed by atoms with E-state index in [0.29, 0.717) is 28.9 Å². The van der Waals surface area contributed by atoms with Gasteiger partial charge in [-0.1, -0.05) is 13.3 Å². The molecule has 2 heterocycles. The number of H-pyrrole nitrogens is 1. The molecule has 0 spiro atoms. The molecule has 0 fully saturated rings. The minimum absolute atomic E-state index is 0.0284. The van der Waals surface area contributed by atoms with Crippen LogP contribution in [0, 0.1) is 0 Å². The summed E-state index contributed by atoms with van der Waals surface area (Å²) in [5, 5.41) is 4.92. The first-order chi connectivity index (χ1) is 16.3. The van der Waals surface area contributed by atoms with Gasteiger partial charge in [0, 0.05) is 30.6 Å². The molecule has 2 aromatic heterocycles. The molecular weight excluding hydrogens is 460 g/mol. The molecule has 3 aromatic rings. The molecule has 1 aromatic carbocycles. The molecule has 0 radical (unpaired) electrons. The lowest BCUT2D eigenvalue weighted by Crippen LogP contribution is -2.39. The summed E-state index contributed by atoms with van der Waals surface area (Å²) >= 11 is 1.26. The topological polar surface area (TPSA) is 145 Å². The Kier molecular flexibility index (Phi) is 7.95. The third kappa shape index (κ3) is 5.39. The van der Waals surface area contributed by atoms with Crippen molar-refractivity contribution in [1.29, 1.82) is 0 Å². The fourth-order valence-electron chi connectivity index (χ4n) is 3.40. The quantitative estimate of drug-likeness (QED) is 0.394. The van der Waals surface area contributed by atoms with Crippen LogP contribution in [0.15, 0.2) is 33.2 Å². The van der Waals surface area contributed by atoms with E-state index in [0.717, 1.165) is 18.4 Å². The maximum absolute atomic E-state index is 12.6. The van der Waals surface area contributed by atoms with Crippen molar-refractivity contribution in [2.45, 2.75) is 26.3 Å². The number of ether oxygens (including phenoxy) is 2. The van der Waals surface area contributed by atoms with Crippen molar-refractivity contribution in [2.24, 2.45) is 0 Å². The van der Waals surface area contributed by atoms with E-state index in [-0.39, 0.29) is 18.1 Å². The highest BCUT2D eigenvalue weighted by molar-refractivity contribution is 7.14. The number of hydrogen-bond acceptors (Lipinski definition) is 9. The number of amides is 1. The zero-order valence-corrected chi connectivity index (χ0v) is 20.3. The van der Waals surface area contributed by atoms with E-state index in [1.807, 2.05) is 13.0 Å². The molecule has 0 unspecified atom stereocenters. The Bertz CT molecular complexity index is 1280. The minimum atomic E-state index is -0.645. The van der Waals surface area contributed by atoms with Crippen LogP contribution in [0.3, 0.4) is 0 Å². The maximum Gasteiger partial charge on any atom is 0.330 e. The number of nitrogens with two attached hydrogens (primary N) is 1. The van der Waals surface area contributed by atoms with Crippen molar-refractivity contribution in [3.8, 4) is 22.8 Å². The molecule has 182 valence electrons. The summed E-state index contributed by atoms with van der Waals surface area (Å²) in [7, 11) is 4.69. The summed E-state index contributed by atoms with van der Waals surface area (Å²) in [4.78, 5) is 45.3. The van der Waals surface area contributed by atoms with Gasteiger partial charge < -0.3 is 25.4 Å². The van der Waals surface area contributed by atoms with Gasteiger partial charge in [-0.3, -0.25) is 19.1 Å². The fourth-order valence-corrected chi connectivity index (χ4v) is 4.13. The first-order valence-electron chi connectivity index (χ1n) is 10.6. The Morgan fingerprint density at radius 1 is 1.29 bits per heavy atom. The molecule has 1 amide bonds. The molecule has 0 aliphatic carbocycles. The molecule has 0 saturated carbocycles. The summed E-state index contributed by atoms with van der Waals surface area (Å²) < 4.78 is 11.9. The lowest BCUT2D eigenvalue weighted by Gasteiger charge is -2.21. The number of nitrogens with one attached hydrogen (secondary N) is 2. The lowest BCUT2D eigenvalue weighted by atomic mass is 10.1. The van der Waals surface area contributed by atoms with E-state index in [1.54, 1.807) is 38.8 Å². The summed E-state index contributed by atoms with van der Waals surface area (Å²) in [6, 6.07) is 5.38. The van der Waals surface area contributed by atoms with E-state index in [4.69, 9.17) is 15.2 Å². The Morgan fingerprint density at radius 2 is 2.06 bits per heavy atom. The van der Waals surface area contributed by atoms with Crippen LogP contribution in [0.4, 0.5) is 16.6 Å². The smallest absolute Gasteiger partial charge is 0.330 e. The van der Waals surface area contributed by atoms with Gasteiger partial charge in [-0.25, -0.2) is 9.78 Å². The fraction of sp³-hybridized carbons (Fsp3) is 0.364. The first-order valence-corrected chi connectivity index (χ1v) is 11.5. The highest BCUT2D eigenvalue weighted by Crippen LogP contribution is 2.34. The maximum atomic E-state index is 12.6. The lowest BCUT2D eigenvalue weighted by molar-refractivity contribution is -0.114. The first kappa shape index (κ1) is 24.8. The van der Waals surface area contributed by atoms with Gasteiger partial charge in [0.1, 0.15) is 23.0 Å². The molecule has 3 rings (SSSR count). The van der Waals surface area contributed by atoms with Crippen LogP contribution >= 0.6 is 11.3 Å². The van der Waals surface area contributed by atoms with Gasteiger partial charge in [-0.2, -0.15) is 0 Å². The number of benzene rings is 1. The van der Waals surface area contributed by atoms with Crippen LogP contribution in [0.2, 0.25) is 0 Å². The second-order valence-electron chi connectivity index (χ2n) is 7.51. The van der Waals surface area contributed by atoms with Gasteiger partial charge in [0.15, 0.2) is 5.13 Å². The molecular formula is C22H28N6O5S. The number of rotatable bonds is 10. The summed E-state index contributed by atoms with van der Waals surface area (Å²) in [6.07, 6.45) is 1.59. The average molecular weight is 489 g/mol. The number of nitrogen functional groups attached to an aromatic ring is 1. The Morgan fingerprint density at radius 3 is 2.74 bits per heavy atom. The van der Waals surface area contributed by atoms with Crippen LogP contribution < -0.4 is 36.7 Å². The van der Waals surface area contributed by atoms with Crippen LogP contribution in [0.5, 0.6) is 11.5 Å². The van der Waals surface area contributed by atoms with E-state index in [1.165, 1.54) is 20.8 Å². The summed E-state index contributed by atoms with van der Waals surface area (Å²) in [5.74, 6) is 0.883. The van der Waals surface area contributed by atoms with Crippen molar-refractivity contribution in [3.63, 3.8) is 0 Å². The number of nitrogens with zero attached hydrogens (tertiary/aromatic N) is 3. The van der Waals surface area contributed by atoms with Gasteiger partial charge in [0.25, 0.3) is 5.56 Å². The molecule has 0 aliphatic rings. The standard InChI is InChI=1S/C22H28N6O5S/c1-5-6-9-28-19(23)18(20(30)26-22(28)31)27(2)11-17(29)25-21-24-15(12-34-21)14-8-7-13(32-3)10-16(14)33-4/h7-8,10,12H,5-6,9,11,23H2,1-4H3,(H,24,25,29)(H,26,30,31). The molecule has 12 heteroatoms. The van der Waals surface area contributed by atoms with Crippen molar-refractivity contribution in [2.75, 3.05) is 43.8 Å². The van der Waals surface area contributed by atoms with Crippen molar-refractivity contribution in [3.05, 3.63) is 44.4 Å². The molecule has 34 heavy (non-hydrogen) atoms. The SMILES string of the molecule is CCCCn1c(N)c(N(C)CC(=O)Nc2nc(-c3ccc(OC)cc3OC)cs2)c(=O)[nH]c1=O. The molecule has 11 nitrogen and oxygen atoms in total. The van der Waals surface area contributed by atoms with Gasteiger partial charge in [-0.05, 0) is 18.6 Å². The Balaban J connectivity index is 1.75. The zero-order valence-electron chi connectivity index (χ0n) is 19.5. The third-order valence-electron chi connectivity index (χ3n) is 5.15. The van der Waals surface area contributed by atoms with Gasteiger partial charge in [-0.15, -0.1) is 11.3 Å². The second kappa shape index (κ2) is 10.9. The molecule has 0 saturated heterocycles. The number of carbonyl (C=O) groups is 1. The van der Waals surface area contributed by atoms with E-state index in [2.05, 4.69) is 15.3 Å². The molecule has 0 aliphatic heterocycles. The number of thiazole rings is 1. The zero-order chi connectivity index (χ0) is 24.8. The van der Waals surface area contributed by atoms with Gasteiger partial charge >= 0.3 is 5.69 Å². The van der Waals surface area contributed by atoms with Crippen LogP contribution in [0.1, 0.15) is 19.8 Å². The number of likely N-dealkylation sites (N-methyl/N-ethyl adjacent to an activating group) is 1.